The van der Waals surface area contributed by atoms with E-state index in [0.717, 1.165) is 0 Å². The number of sulfone groups is 1. The lowest BCUT2D eigenvalue weighted by molar-refractivity contribution is -0.118. The number of carbonyl (C=O) groups excluding carboxylic acids is 1. The number of aromatic amines is 1. The number of rotatable bonds is 5. The molecule has 2 heterocycles. The molecule has 0 atom stereocenters. The molecule has 0 radical (unpaired) electrons. The molecule has 1 aliphatic heterocycles. The summed E-state index contributed by atoms with van der Waals surface area (Å²) in [4.78, 5) is 25.0. The second-order valence-electron chi connectivity index (χ2n) is 6.26. The van der Waals surface area contributed by atoms with Gasteiger partial charge in [-0.2, -0.15) is 4.31 Å². The summed E-state index contributed by atoms with van der Waals surface area (Å²) in [5.74, 6) is -1.88. The van der Waals surface area contributed by atoms with Crippen molar-refractivity contribution < 1.29 is 26.0 Å². The lowest BCUT2D eigenvalue weighted by Gasteiger charge is -2.30. The van der Waals surface area contributed by atoms with Gasteiger partial charge in [0.05, 0.1) is 15.7 Å². The number of oxazole rings is 1. The lowest BCUT2D eigenvalue weighted by Crippen LogP contribution is -2.44. The molecule has 1 aromatic carbocycles. The molecule has 10 nitrogen and oxygen atoms in total. The zero-order valence-corrected chi connectivity index (χ0v) is 16.1. The van der Waals surface area contributed by atoms with Gasteiger partial charge in [-0.15, -0.1) is 0 Å². The number of piperidine rings is 1. The van der Waals surface area contributed by atoms with Crippen LogP contribution in [0.3, 0.4) is 0 Å². The molecule has 3 rings (SSSR count). The highest BCUT2D eigenvalue weighted by Gasteiger charge is 2.35. The average Bonchev–Trinajstić information content (AvgIpc) is 3.00. The predicted molar refractivity (Wildman–Crippen MR) is 96.5 cm³/mol. The molecule has 0 saturated carbocycles. The van der Waals surface area contributed by atoms with Crippen LogP contribution in [-0.2, 0) is 24.7 Å². The normalized spacial score (nSPS) is 17.2. The minimum atomic E-state index is -3.85. The van der Waals surface area contributed by atoms with Crippen molar-refractivity contribution in [2.24, 2.45) is 0 Å². The van der Waals surface area contributed by atoms with Crippen LogP contribution in [0.5, 0.6) is 0 Å². The maximum absolute atomic E-state index is 12.8. The summed E-state index contributed by atoms with van der Waals surface area (Å²) in [5.41, 5.74) is 0.516. The molecular weight excluding hydrogens is 398 g/mol. The molecule has 27 heavy (non-hydrogen) atoms. The third-order valence-corrected chi connectivity index (χ3v) is 8.59. The van der Waals surface area contributed by atoms with E-state index < -0.39 is 42.5 Å². The number of aromatic nitrogens is 1. The monoisotopic (exact) mass is 417 g/mol. The van der Waals surface area contributed by atoms with Crippen LogP contribution < -0.4 is 11.1 Å². The zero-order chi connectivity index (χ0) is 19.8. The van der Waals surface area contributed by atoms with Gasteiger partial charge in [0.25, 0.3) is 0 Å². The molecule has 1 aliphatic rings. The van der Waals surface area contributed by atoms with Gasteiger partial charge in [0, 0.05) is 20.1 Å². The third kappa shape index (κ3) is 3.92. The summed E-state index contributed by atoms with van der Waals surface area (Å²) in [6, 6.07) is 4.04. The van der Waals surface area contributed by atoms with Crippen LogP contribution in [0.1, 0.15) is 12.8 Å². The van der Waals surface area contributed by atoms with Crippen LogP contribution in [0.2, 0.25) is 0 Å². The van der Waals surface area contributed by atoms with E-state index in [4.69, 9.17) is 4.42 Å². The summed E-state index contributed by atoms with van der Waals surface area (Å²) >= 11 is 0. The number of amides is 1. The molecule has 2 aromatic rings. The van der Waals surface area contributed by atoms with E-state index in [9.17, 15) is 26.4 Å². The van der Waals surface area contributed by atoms with Gasteiger partial charge in [0.15, 0.2) is 15.4 Å². The van der Waals surface area contributed by atoms with E-state index in [0.29, 0.717) is 0 Å². The Hall–Kier alpha value is -2.18. The topological polar surface area (TPSA) is 147 Å². The Kier molecular flexibility index (Phi) is 5.14. The highest BCUT2D eigenvalue weighted by atomic mass is 32.2. The number of hydrogen-bond acceptors (Lipinski definition) is 7. The number of hydrogen-bond donors (Lipinski definition) is 2. The summed E-state index contributed by atoms with van der Waals surface area (Å²) in [6.07, 6.45) is 0.229. The Balaban J connectivity index is 1.76. The maximum atomic E-state index is 12.8. The number of benzene rings is 1. The first kappa shape index (κ1) is 19.6. The predicted octanol–water partition coefficient (Wildman–Crippen LogP) is -0.565. The summed E-state index contributed by atoms with van der Waals surface area (Å²) in [6.45, 7) is 0.0554. The maximum Gasteiger partial charge on any atom is 0.417 e. The Labute approximate surface area is 155 Å². The third-order valence-electron chi connectivity index (χ3n) is 4.55. The van der Waals surface area contributed by atoms with Crippen molar-refractivity contribution in [3.8, 4) is 0 Å². The van der Waals surface area contributed by atoms with E-state index in [1.54, 1.807) is 0 Å². The fourth-order valence-corrected chi connectivity index (χ4v) is 6.22. The smallest absolute Gasteiger partial charge is 0.408 e. The number of H-pyrrole nitrogens is 1. The number of nitrogens with one attached hydrogen (secondary N) is 2. The fourth-order valence-electron chi connectivity index (χ4n) is 3.04. The Morgan fingerprint density at radius 3 is 2.56 bits per heavy atom. The fraction of sp³-hybridized carbons (Fsp3) is 0.467. The molecule has 2 N–H and O–H groups in total. The second-order valence-corrected chi connectivity index (χ2v) is 10.5. The molecule has 1 amide bonds. The van der Waals surface area contributed by atoms with Crippen molar-refractivity contribution in [3.63, 3.8) is 0 Å². The van der Waals surface area contributed by atoms with Gasteiger partial charge in [-0.3, -0.25) is 9.78 Å². The van der Waals surface area contributed by atoms with Gasteiger partial charge in [-0.05, 0) is 31.0 Å². The van der Waals surface area contributed by atoms with Gasteiger partial charge in [0.1, 0.15) is 5.75 Å². The van der Waals surface area contributed by atoms with Crippen LogP contribution in [0, 0.1) is 0 Å². The van der Waals surface area contributed by atoms with Crippen LogP contribution in [0.15, 0.2) is 32.3 Å². The lowest BCUT2D eigenvalue weighted by atomic mass is 10.2. The number of sulfonamides is 1. The summed E-state index contributed by atoms with van der Waals surface area (Å²) in [5, 5.41) is 1.52. The van der Waals surface area contributed by atoms with Crippen molar-refractivity contribution in [2.45, 2.75) is 23.0 Å². The van der Waals surface area contributed by atoms with Gasteiger partial charge < -0.3 is 9.73 Å². The molecule has 1 fully saturated rings. The quantitative estimate of drug-likeness (QED) is 0.662. The number of carbonyl (C=O) groups is 1. The highest BCUT2D eigenvalue weighted by molar-refractivity contribution is 7.92. The molecule has 0 spiro atoms. The van der Waals surface area contributed by atoms with Gasteiger partial charge >= 0.3 is 5.76 Å². The molecular formula is C15H19N3O7S2. The average molecular weight is 417 g/mol. The molecule has 148 valence electrons. The van der Waals surface area contributed by atoms with E-state index in [1.807, 2.05) is 0 Å². The molecule has 0 bridgehead atoms. The van der Waals surface area contributed by atoms with E-state index >= 15 is 0 Å². The Morgan fingerprint density at radius 1 is 1.26 bits per heavy atom. The first-order chi connectivity index (χ1) is 12.6. The van der Waals surface area contributed by atoms with E-state index in [1.165, 1.54) is 29.6 Å². The van der Waals surface area contributed by atoms with Gasteiger partial charge in [-0.25, -0.2) is 21.6 Å². The highest BCUT2D eigenvalue weighted by Crippen LogP contribution is 2.25. The second kappa shape index (κ2) is 7.09. The molecule has 1 aromatic heterocycles. The molecule has 0 unspecified atom stereocenters. The van der Waals surface area contributed by atoms with E-state index in [-0.39, 0.29) is 41.9 Å². The van der Waals surface area contributed by atoms with Crippen LogP contribution in [0.25, 0.3) is 11.1 Å². The largest absolute Gasteiger partial charge is 0.417 e. The SMILES string of the molecule is CNC(=O)CS(=O)(=O)C1CCN(S(=O)(=O)c2ccc3oc(=O)[nH]c3c2)CC1. The Morgan fingerprint density at radius 2 is 1.93 bits per heavy atom. The molecule has 12 heteroatoms. The first-order valence-corrected chi connectivity index (χ1v) is 11.3. The van der Waals surface area contributed by atoms with Crippen LogP contribution in [0.4, 0.5) is 0 Å². The van der Waals surface area contributed by atoms with Crippen molar-refractivity contribution in [1.82, 2.24) is 14.6 Å². The van der Waals surface area contributed by atoms with Crippen LogP contribution in [-0.4, -0.2) is 63.2 Å². The minimum absolute atomic E-state index is 0.0151. The van der Waals surface area contributed by atoms with Gasteiger partial charge in [0.2, 0.25) is 15.9 Å². The standard InChI is InChI=1S/C15H19N3O7S2/c1-16-14(19)9-26(21,22)10-4-6-18(7-5-10)27(23,24)11-2-3-13-12(8-11)17-15(20)25-13/h2-3,8,10H,4-7,9H2,1H3,(H,16,19)(H,17,20). The van der Waals surface area contributed by atoms with Crippen molar-refractivity contribution in [3.05, 3.63) is 28.7 Å². The Bertz CT molecular complexity index is 1120. The van der Waals surface area contributed by atoms with Gasteiger partial charge in [-0.1, -0.05) is 0 Å². The van der Waals surface area contributed by atoms with Crippen molar-refractivity contribution in [2.75, 3.05) is 25.9 Å². The number of nitrogens with zero attached hydrogens (tertiary/aromatic N) is 1. The first-order valence-electron chi connectivity index (χ1n) is 8.18. The van der Waals surface area contributed by atoms with Crippen LogP contribution >= 0.6 is 0 Å². The molecule has 0 aliphatic carbocycles. The summed E-state index contributed by atoms with van der Waals surface area (Å²) < 4.78 is 56.2. The summed E-state index contributed by atoms with van der Waals surface area (Å²) in [7, 11) is -6.13. The van der Waals surface area contributed by atoms with Crippen molar-refractivity contribution in [1.29, 1.82) is 0 Å². The molecule has 1 saturated heterocycles. The van der Waals surface area contributed by atoms with E-state index in [2.05, 4.69) is 10.3 Å². The van der Waals surface area contributed by atoms with Crippen molar-refractivity contribution >= 4 is 36.9 Å². The number of fused-ring (bicyclic) bond motifs is 1. The zero-order valence-electron chi connectivity index (χ0n) is 14.5. The minimum Gasteiger partial charge on any atom is -0.408 e.